The number of piperazine rings is 1. The van der Waals surface area contributed by atoms with Gasteiger partial charge < -0.3 is 20.4 Å². The van der Waals surface area contributed by atoms with Gasteiger partial charge in [-0.2, -0.15) is 0 Å². The maximum absolute atomic E-state index is 14.3. The van der Waals surface area contributed by atoms with Crippen LogP contribution in [0.2, 0.25) is 0 Å². The molecule has 160 valence electrons. The second-order valence-electron chi connectivity index (χ2n) is 8.30. The molecule has 3 aliphatic heterocycles. The third-order valence-corrected chi connectivity index (χ3v) is 6.44. The average molecular weight is 423 g/mol. The van der Waals surface area contributed by atoms with E-state index in [1.165, 1.54) is 11.0 Å². The number of nitrogens with zero attached hydrogens (tertiary/aromatic N) is 2. The molecule has 3 N–H and O–H groups in total. The van der Waals surface area contributed by atoms with Crippen LogP contribution in [-0.2, 0) is 9.59 Å². The molecule has 5 rings (SSSR count). The van der Waals surface area contributed by atoms with E-state index in [9.17, 15) is 18.8 Å². The zero-order valence-corrected chi connectivity index (χ0v) is 17.0. The van der Waals surface area contributed by atoms with Crippen molar-refractivity contribution in [2.75, 3.05) is 31.5 Å². The summed E-state index contributed by atoms with van der Waals surface area (Å²) in [6.07, 6.45) is 1.86. The van der Waals surface area contributed by atoms with Gasteiger partial charge in [0.15, 0.2) is 6.04 Å². The highest BCUT2D eigenvalue weighted by atomic mass is 19.1. The van der Waals surface area contributed by atoms with Crippen molar-refractivity contribution < 1.29 is 24.1 Å². The Labute approximate surface area is 179 Å². The van der Waals surface area contributed by atoms with Crippen LogP contribution in [0.4, 0.5) is 10.1 Å². The van der Waals surface area contributed by atoms with Crippen LogP contribution in [0.1, 0.15) is 23.2 Å². The largest absolute Gasteiger partial charge is 0.336 e. The standard InChI is InChI=1S/C23H23FN4O3/c24-17-5-2-1-4-15(17)14-7-8-18-16(12-14)22(30)28-11-10-27(13-20(28)21(29)26-18)23(31)19-6-3-9-25-19/h1-2,4-5,7-8,12,19-20,25H,3,6,9-11,13H2,(H,26,29)/p+1/t19-,20+/m1/s1. The Morgan fingerprint density at radius 3 is 2.71 bits per heavy atom. The number of benzene rings is 2. The fourth-order valence-electron chi connectivity index (χ4n) is 4.75. The third kappa shape index (κ3) is 3.46. The first-order valence-corrected chi connectivity index (χ1v) is 10.7. The zero-order chi connectivity index (χ0) is 21.5. The zero-order valence-electron chi connectivity index (χ0n) is 17.0. The number of nitrogens with one attached hydrogen (secondary N) is 1. The average Bonchev–Trinajstić information content (AvgIpc) is 3.30. The number of carbonyl (C=O) groups excluding carboxylic acids is 3. The molecule has 0 spiro atoms. The number of halogens is 1. The molecule has 0 radical (unpaired) electrons. The Hall–Kier alpha value is -3.26. The molecular weight excluding hydrogens is 399 g/mol. The van der Waals surface area contributed by atoms with Crippen molar-refractivity contribution in [3.8, 4) is 11.1 Å². The second-order valence-corrected chi connectivity index (χ2v) is 8.30. The topological polar surface area (TPSA) is 86.3 Å². The summed E-state index contributed by atoms with van der Waals surface area (Å²) >= 11 is 0. The fourth-order valence-corrected chi connectivity index (χ4v) is 4.75. The van der Waals surface area contributed by atoms with Crippen LogP contribution in [0.15, 0.2) is 42.5 Å². The van der Waals surface area contributed by atoms with Crippen LogP contribution in [-0.4, -0.2) is 65.8 Å². The molecule has 2 atom stereocenters. The maximum Gasteiger partial charge on any atom is 0.280 e. The van der Waals surface area contributed by atoms with E-state index in [1.807, 2.05) is 5.32 Å². The van der Waals surface area contributed by atoms with Gasteiger partial charge in [-0.1, -0.05) is 24.3 Å². The quantitative estimate of drug-likeness (QED) is 0.750. The SMILES string of the molecule is O=C1Nc2ccc(-c3ccccc3F)cc2C(=O)N2CCN(C(=O)[C@H]3CCC[NH2+]3)C[C@@H]12. The van der Waals surface area contributed by atoms with Gasteiger partial charge in [0, 0.05) is 31.5 Å². The van der Waals surface area contributed by atoms with Crippen molar-refractivity contribution in [2.24, 2.45) is 0 Å². The summed E-state index contributed by atoms with van der Waals surface area (Å²) in [5, 5.41) is 4.88. The van der Waals surface area contributed by atoms with Crippen molar-refractivity contribution >= 4 is 23.4 Å². The van der Waals surface area contributed by atoms with Crippen molar-refractivity contribution in [3.05, 3.63) is 53.8 Å². The smallest absolute Gasteiger partial charge is 0.280 e. The number of hydrogen-bond donors (Lipinski definition) is 2. The number of anilines is 1. The van der Waals surface area contributed by atoms with E-state index in [4.69, 9.17) is 0 Å². The molecule has 2 aromatic rings. The summed E-state index contributed by atoms with van der Waals surface area (Å²) in [5.41, 5.74) is 1.71. The van der Waals surface area contributed by atoms with Gasteiger partial charge in [0.1, 0.15) is 11.9 Å². The summed E-state index contributed by atoms with van der Waals surface area (Å²) in [6.45, 7) is 1.83. The summed E-state index contributed by atoms with van der Waals surface area (Å²) in [7, 11) is 0. The highest BCUT2D eigenvalue weighted by Crippen LogP contribution is 2.31. The minimum atomic E-state index is -0.740. The van der Waals surface area contributed by atoms with Gasteiger partial charge in [0.2, 0.25) is 5.91 Å². The van der Waals surface area contributed by atoms with Crippen molar-refractivity contribution in [3.63, 3.8) is 0 Å². The molecule has 0 unspecified atom stereocenters. The highest BCUT2D eigenvalue weighted by Gasteiger charge is 2.42. The minimum Gasteiger partial charge on any atom is -0.336 e. The summed E-state index contributed by atoms with van der Waals surface area (Å²) < 4.78 is 14.3. The van der Waals surface area contributed by atoms with Gasteiger partial charge in [0.05, 0.1) is 24.3 Å². The Morgan fingerprint density at radius 1 is 1.10 bits per heavy atom. The van der Waals surface area contributed by atoms with E-state index in [0.29, 0.717) is 35.5 Å². The first-order chi connectivity index (χ1) is 15.0. The van der Waals surface area contributed by atoms with Gasteiger partial charge >= 0.3 is 0 Å². The summed E-state index contributed by atoms with van der Waals surface area (Å²) in [6, 6.07) is 10.5. The van der Waals surface area contributed by atoms with Gasteiger partial charge in [-0.25, -0.2) is 4.39 Å². The number of fused-ring (bicyclic) bond motifs is 2. The van der Waals surface area contributed by atoms with Crippen molar-refractivity contribution in [1.82, 2.24) is 9.80 Å². The fraction of sp³-hybridized carbons (Fsp3) is 0.348. The van der Waals surface area contributed by atoms with Crippen molar-refractivity contribution in [2.45, 2.75) is 24.9 Å². The van der Waals surface area contributed by atoms with Gasteiger partial charge in [-0.3, -0.25) is 14.4 Å². The van der Waals surface area contributed by atoms with Gasteiger partial charge in [0.25, 0.3) is 11.8 Å². The van der Waals surface area contributed by atoms with Crippen LogP contribution < -0.4 is 10.6 Å². The number of carbonyl (C=O) groups is 3. The van der Waals surface area contributed by atoms with Gasteiger partial charge in [-0.15, -0.1) is 0 Å². The van der Waals surface area contributed by atoms with Crippen LogP contribution in [0.3, 0.4) is 0 Å². The van der Waals surface area contributed by atoms with Gasteiger partial charge in [-0.05, 0) is 23.8 Å². The molecule has 3 amide bonds. The Kier molecular flexibility index (Phi) is 4.94. The molecule has 8 heteroatoms. The van der Waals surface area contributed by atoms with Crippen LogP contribution in [0.25, 0.3) is 11.1 Å². The molecule has 31 heavy (non-hydrogen) atoms. The Morgan fingerprint density at radius 2 is 1.94 bits per heavy atom. The highest BCUT2D eigenvalue weighted by molar-refractivity contribution is 6.10. The number of amides is 3. The first kappa shape index (κ1) is 19.7. The van der Waals surface area contributed by atoms with E-state index in [0.717, 1.165) is 19.4 Å². The van der Waals surface area contributed by atoms with Crippen LogP contribution in [0, 0.1) is 5.82 Å². The molecule has 0 bridgehead atoms. The lowest BCUT2D eigenvalue weighted by Gasteiger charge is -2.39. The predicted octanol–water partition coefficient (Wildman–Crippen LogP) is 0.824. The summed E-state index contributed by atoms with van der Waals surface area (Å²) in [5.74, 6) is -0.919. The van der Waals surface area contributed by atoms with E-state index >= 15 is 0 Å². The maximum atomic E-state index is 14.3. The molecule has 0 aliphatic carbocycles. The molecule has 2 fully saturated rings. The molecule has 3 heterocycles. The third-order valence-electron chi connectivity index (χ3n) is 6.44. The van der Waals surface area contributed by atoms with Crippen LogP contribution >= 0.6 is 0 Å². The normalized spacial score (nSPS) is 23.1. The van der Waals surface area contributed by atoms with Crippen molar-refractivity contribution in [1.29, 1.82) is 0 Å². The Balaban J connectivity index is 1.43. The predicted molar refractivity (Wildman–Crippen MR) is 112 cm³/mol. The molecule has 0 aromatic heterocycles. The lowest BCUT2D eigenvalue weighted by atomic mass is 10.0. The minimum absolute atomic E-state index is 0.0426. The van der Waals surface area contributed by atoms with E-state index in [2.05, 4.69) is 5.32 Å². The summed E-state index contributed by atoms with van der Waals surface area (Å²) in [4.78, 5) is 42.4. The van der Waals surface area contributed by atoms with E-state index < -0.39 is 6.04 Å². The lowest BCUT2D eigenvalue weighted by molar-refractivity contribution is -0.658. The molecule has 2 saturated heterocycles. The number of nitrogens with two attached hydrogens (primary N) is 1. The molecule has 3 aliphatic rings. The second kappa shape index (κ2) is 7.77. The van der Waals surface area contributed by atoms with E-state index in [1.54, 1.807) is 41.3 Å². The molecular formula is C23H24FN4O3+. The lowest BCUT2D eigenvalue weighted by Crippen LogP contribution is -2.89. The first-order valence-electron chi connectivity index (χ1n) is 10.7. The number of rotatable bonds is 2. The van der Waals surface area contributed by atoms with E-state index in [-0.39, 0.29) is 36.1 Å². The number of hydrogen-bond acceptors (Lipinski definition) is 3. The van der Waals surface area contributed by atoms with Crippen LogP contribution in [0.5, 0.6) is 0 Å². The number of quaternary nitrogens is 1. The molecule has 0 saturated carbocycles. The molecule has 7 nitrogen and oxygen atoms in total. The molecule has 2 aromatic carbocycles. The Bertz CT molecular complexity index is 1070. The monoisotopic (exact) mass is 423 g/mol.